The molecule has 1 N–H and O–H groups in total. The third-order valence-corrected chi connectivity index (χ3v) is 5.12. The van der Waals surface area contributed by atoms with Crippen LogP contribution < -0.4 is 5.32 Å². The van der Waals surface area contributed by atoms with Crippen molar-refractivity contribution in [3.8, 4) is 6.07 Å². The Hall–Kier alpha value is -3.50. The van der Waals surface area contributed by atoms with Crippen LogP contribution in [0.3, 0.4) is 0 Å². The maximum atomic E-state index is 13.3. The van der Waals surface area contributed by atoms with Gasteiger partial charge in [0.05, 0.1) is 17.3 Å². The number of hydrogen-bond acceptors (Lipinski definition) is 5. The van der Waals surface area contributed by atoms with Crippen LogP contribution in [-0.4, -0.2) is 28.9 Å². The average molecular weight is 404 g/mol. The molecule has 2 heterocycles. The minimum atomic E-state index is -0.401. The Morgan fingerprint density at radius 2 is 1.97 bits per heavy atom. The fourth-order valence-corrected chi connectivity index (χ4v) is 3.51. The van der Waals surface area contributed by atoms with Crippen molar-refractivity contribution in [2.45, 2.75) is 25.9 Å². The number of nitrogens with zero attached hydrogens (tertiary/aromatic N) is 3. The van der Waals surface area contributed by atoms with E-state index < -0.39 is 5.91 Å². The Morgan fingerprint density at radius 3 is 2.73 bits per heavy atom. The van der Waals surface area contributed by atoms with Gasteiger partial charge in [-0.15, -0.1) is 0 Å². The maximum Gasteiger partial charge on any atom is 0.307 e. The Morgan fingerprint density at radius 1 is 1.17 bits per heavy atom. The van der Waals surface area contributed by atoms with E-state index in [2.05, 4.69) is 21.3 Å². The van der Waals surface area contributed by atoms with Crippen molar-refractivity contribution in [3.05, 3.63) is 88.4 Å². The molecule has 1 aliphatic heterocycles. The van der Waals surface area contributed by atoms with Gasteiger partial charge in [0.1, 0.15) is 11.6 Å². The van der Waals surface area contributed by atoms with Crippen LogP contribution in [0.2, 0.25) is 0 Å². The van der Waals surface area contributed by atoms with E-state index in [4.69, 9.17) is 9.68 Å². The lowest BCUT2D eigenvalue weighted by Gasteiger charge is -2.19. The molecule has 1 amide bonds. The van der Waals surface area contributed by atoms with E-state index in [0.717, 1.165) is 36.7 Å². The highest BCUT2D eigenvalue weighted by Crippen LogP contribution is 2.19. The highest BCUT2D eigenvalue weighted by atomic mass is 19.1. The molecule has 0 saturated carbocycles. The lowest BCUT2D eigenvalue weighted by Crippen LogP contribution is -2.26. The number of fused-ring (bicyclic) bond motifs is 1. The molecule has 0 bridgehead atoms. The van der Waals surface area contributed by atoms with Crippen molar-refractivity contribution in [1.29, 1.82) is 5.26 Å². The molecule has 2 aromatic carbocycles. The van der Waals surface area contributed by atoms with Gasteiger partial charge in [-0.2, -0.15) is 5.26 Å². The smallest absolute Gasteiger partial charge is 0.307 e. The minimum absolute atomic E-state index is 0.0527. The number of aromatic nitrogens is 1. The van der Waals surface area contributed by atoms with E-state index in [-0.39, 0.29) is 18.3 Å². The predicted molar refractivity (Wildman–Crippen MR) is 108 cm³/mol. The number of nitriles is 1. The molecule has 6 nitrogen and oxygen atoms in total. The summed E-state index contributed by atoms with van der Waals surface area (Å²) in [5.41, 5.74) is 3.29. The van der Waals surface area contributed by atoms with Crippen molar-refractivity contribution in [3.63, 3.8) is 0 Å². The number of amides is 1. The summed E-state index contributed by atoms with van der Waals surface area (Å²) in [5.74, 6) is 0.0575. The fraction of sp³-hybridized carbons (Fsp3) is 0.261. The molecule has 0 aliphatic carbocycles. The standard InChI is InChI=1S/C23H21FN4O2/c24-19-3-1-2-18(12-19)14-26-22(29)23-27-20-8-10-28(11-9-21(20)30-23)15-17-6-4-16(13-25)5-7-17/h1-7,12H,8-11,14-15H2,(H,26,29). The molecule has 0 saturated heterocycles. The molecular formula is C23H21FN4O2. The van der Waals surface area contributed by atoms with E-state index in [9.17, 15) is 9.18 Å². The number of rotatable bonds is 5. The summed E-state index contributed by atoms with van der Waals surface area (Å²) in [6.07, 6.45) is 1.38. The van der Waals surface area contributed by atoms with Crippen LogP contribution in [0, 0.1) is 17.1 Å². The summed E-state index contributed by atoms with van der Waals surface area (Å²) >= 11 is 0. The molecule has 0 unspecified atom stereocenters. The zero-order valence-corrected chi connectivity index (χ0v) is 16.4. The lowest BCUT2D eigenvalue weighted by atomic mass is 10.1. The Balaban J connectivity index is 1.33. The number of oxazole rings is 1. The van der Waals surface area contributed by atoms with E-state index in [1.807, 2.05) is 24.3 Å². The van der Waals surface area contributed by atoms with Crippen LogP contribution in [0.5, 0.6) is 0 Å². The van der Waals surface area contributed by atoms with Crippen LogP contribution in [0.15, 0.2) is 52.9 Å². The maximum absolute atomic E-state index is 13.3. The number of benzene rings is 2. The fourth-order valence-electron chi connectivity index (χ4n) is 3.51. The van der Waals surface area contributed by atoms with Gasteiger partial charge >= 0.3 is 5.91 Å². The van der Waals surface area contributed by atoms with Crippen LogP contribution >= 0.6 is 0 Å². The van der Waals surface area contributed by atoms with E-state index >= 15 is 0 Å². The number of carbonyl (C=O) groups is 1. The third kappa shape index (κ3) is 4.73. The second-order valence-corrected chi connectivity index (χ2v) is 7.29. The highest BCUT2D eigenvalue weighted by Gasteiger charge is 2.22. The summed E-state index contributed by atoms with van der Waals surface area (Å²) in [5, 5.41) is 11.6. The van der Waals surface area contributed by atoms with Gasteiger partial charge in [0, 0.05) is 39.0 Å². The van der Waals surface area contributed by atoms with Crippen LogP contribution in [0.1, 0.15) is 38.8 Å². The molecular weight excluding hydrogens is 383 g/mol. The van der Waals surface area contributed by atoms with Crippen LogP contribution in [0.4, 0.5) is 4.39 Å². The van der Waals surface area contributed by atoms with E-state index in [1.54, 1.807) is 12.1 Å². The summed E-state index contributed by atoms with van der Waals surface area (Å²) in [6, 6.07) is 15.8. The Kier molecular flexibility index (Phi) is 5.87. The molecule has 7 heteroatoms. The minimum Gasteiger partial charge on any atom is -0.437 e. The van der Waals surface area contributed by atoms with Crippen molar-refractivity contribution in [1.82, 2.24) is 15.2 Å². The number of nitrogens with one attached hydrogen (secondary N) is 1. The van der Waals surface area contributed by atoms with Crippen molar-refractivity contribution in [2.75, 3.05) is 13.1 Å². The van der Waals surface area contributed by atoms with Crippen molar-refractivity contribution >= 4 is 5.91 Å². The van der Waals surface area contributed by atoms with Crippen molar-refractivity contribution < 1.29 is 13.6 Å². The van der Waals surface area contributed by atoms with E-state index in [0.29, 0.717) is 24.0 Å². The number of carbonyl (C=O) groups excluding carboxylic acids is 1. The molecule has 1 aliphatic rings. The first kappa shape index (κ1) is 19.8. The molecule has 3 aromatic rings. The first-order valence-corrected chi connectivity index (χ1v) is 9.83. The molecule has 30 heavy (non-hydrogen) atoms. The largest absolute Gasteiger partial charge is 0.437 e. The monoisotopic (exact) mass is 404 g/mol. The second kappa shape index (κ2) is 8.89. The van der Waals surface area contributed by atoms with Crippen molar-refractivity contribution in [2.24, 2.45) is 0 Å². The zero-order valence-electron chi connectivity index (χ0n) is 16.4. The van der Waals surface area contributed by atoms with Gasteiger partial charge < -0.3 is 9.73 Å². The topological polar surface area (TPSA) is 82.2 Å². The second-order valence-electron chi connectivity index (χ2n) is 7.29. The summed E-state index contributed by atoms with van der Waals surface area (Å²) in [7, 11) is 0. The number of hydrogen-bond donors (Lipinski definition) is 1. The quantitative estimate of drug-likeness (QED) is 0.706. The van der Waals surface area contributed by atoms with Crippen LogP contribution in [-0.2, 0) is 25.9 Å². The van der Waals surface area contributed by atoms with Gasteiger partial charge in [-0.1, -0.05) is 24.3 Å². The SMILES string of the molecule is N#Cc1ccc(CN2CCc3nc(C(=O)NCc4cccc(F)c4)oc3CC2)cc1. The normalized spacial score (nSPS) is 13.9. The zero-order chi connectivity index (χ0) is 20.9. The molecule has 152 valence electrons. The van der Waals surface area contributed by atoms with Gasteiger partial charge in [-0.25, -0.2) is 9.37 Å². The summed E-state index contributed by atoms with van der Waals surface area (Å²) in [6.45, 7) is 2.61. The summed E-state index contributed by atoms with van der Waals surface area (Å²) in [4.78, 5) is 19.1. The van der Waals surface area contributed by atoms with Gasteiger partial charge in [-0.3, -0.25) is 9.69 Å². The Labute approximate surface area is 174 Å². The van der Waals surface area contributed by atoms with Gasteiger partial charge in [0.25, 0.3) is 5.89 Å². The first-order valence-electron chi connectivity index (χ1n) is 9.83. The van der Waals surface area contributed by atoms with Gasteiger partial charge in [0.15, 0.2) is 0 Å². The third-order valence-electron chi connectivity index (χ3n) is 5.12. The molecule has 0 radical (unpaired) electrons. The molecule has 0 atom stereocenters. The van der Waals surface area contributed by atoms with Crippen LogP contribution in [0.25, 0.3) is 0 Å². The number of halogens is 1. The first-order chi connectivity index (χ1) is 14.6. The average Bonchev–Trinajstić information content (AvgIpc) is 3.09. The predicted octanol–water partition coefficient (Wildman–Crippen LogP) is 3.22. The molecule has 4 rings (SSSR count). The molecule has 1 aromatic heterocycles. The van der Waals surface area contributed by atoms with E-state index in [1.165, 1.54) is 12.1 Å². The van der Waals surface area contributed by atoms with Gasteiger partial charge in [0.2, 0.25) is 0 Å². The Bertz CT molecular complexity index is 1060. The molecule has 0 spiro atoms. The highest BCUT2D eigenvalue weighted by molar-refractivity contribution is 5.89. The summed E-state index contributed by atoms with van der Waals surface area (Å²) < 4.78 is 19.0. The lowest BCUT2D eigenvalue weighted by molar-refractivity contribution is 0.0914. The van der Waals surface area contributed by atoms with Gasteiger partial charge in [-0.05, 0) is 35.4 Å². The molecule has 0 fully saturated rings.